The maximum Gasteiger partial charge on any atom is -0.147 e. The molecule has 0 aromatic heterocycles. The number of benzene rings is 1. The first kappa shape index (κ1) is 24.7. The van der Waals surface area contributed by atoms with Gasteiger partial charge in [-0.3, -0.25) is 0 Å². The number of hydrogen-bond donors (Lipinski definition) is 0. The van der Waals surface area contributed by atoms with Crippen molar-refractivity contribution in [3.8, 4) is 0 Å². The Morgan fingerprint density at radius 3 is 2.22 bits per heavy atom. The molecule has 0 fully saturated rings. The van der Waals surface area contributed by atoms with Gasteiger partial charge in [-0.15, -0.1) is 24.8 Å². The van der Waals surface area contributed by atoms with E-state index in [2.05, 4.69) is 84.2 Å². The first-order valence-corrected chi connectivity index (χ1v) is 8.81. The summed E-state index contributed by atoms with van der Waals surface area (Å²) >= 11 is 1.51. The molecular formula is C19H26Cl2NZr. The third-order valence-electron chi connectivity index (χ3n) is 3.06. The van der Waals surface area contributed by atoms with Crippen LogP contribution >= 0.6 is 24.8 Å². The number of anilines is 1. The molecule has 0 N–H and O–H groups in total. The average Bonchev–Trinajstić information content (AvgIpc) is 2.68. The first-order chi connectivity index (χ1) is 10.2. The molecule has 1 aromatic carbocycles. The van der Waals surface area contributed by atoms with Crippen LogP contribution in [0.5, 0.6) is 0 Å². The molecule has 0 amide bonds. The van der Waals surface area contributed by atoms with Gasteiger partial charge in [0.15, 0.2) is 0 Å². The van der Waals surface area contributed by atoms with E-state index in [-0.39, 0.29) is 24.8 Å². The van der Waals surface area contributed by atoms with Crippen LogP contribution < -0.4 is 4.90 Å². The van der Waals surface area contributed by atoms with E-state index in [0.717, 1.165) is 0 Å². The van der Waals surface area contributed by atoms with Crippen molar-refractivity contribution in [1.29, 1.82) is 0 Å². The van der Waals surface area contributed by atoms with Crippen LogP contribution in [-0.4, -0.2) is 0 Å². The Balaban J connectivity index is 0. The van der Waals surface area contributed by atoms with Crippen LogP contribution in [0.2, 0.25) is 0 Å². The normalized spacial score (nSPS) is 12.9. The Morgan fingerprint density at radius 2 is 1.70 bits per heavy atom. The summed E-state index contributed by atoms with van der Waals surface area (Å²) in [6.45, 7) is 6.41. The number of halogens is 2. The van der Waals surface area contributed by atoms with E-state index < -0.39 is 0 Å². The zero-order valence-corrected chi connectivity index (χ0v) is 18.1. The maximum atomic E-state index is 2.22. The molecule has 125 valence electrons. The maximum absolute atomic E-state index is 2.22. The molecule has 0 atom stereocenters. The van der Waals surface area contributed by atoms with Gasteiger partial charge in [0.2, 0.25) is 0 Å². The van der Waals surface area contributed by atoms with Crippen LogP contribution in [0.25, 0.3) is 0 Å². The number of rotatable bonds is 3. The van der Waals surface area contributed by atoms with Gasteiger partial charge in [-0.05, 0) is 43.7 Å². The predicted octanol–water partition coefficient (Wildman–Crippen LogP) is 6.56. The summed E-state index contributed by atoms with van der Waals surface area (Å²) in [5.41, 5.74) is 3.70. The van der Waals surface area contributed by atoms with E-state index in [1.54, 1.807) is 0 Å². The van der Waals surface area contributed by atoms with Crippen molar-refractivity contribution in [2.75, 3.05) is 4.90 Å². The van der Waals surface area contributed by atoms with E-state index in [0.29, 0.717) is 0 Å². The fraction of sp³-hybridized carbons (Fsp3) is 0.263. The van der Waals surface area contributed by atoms with E-state index in [4.69, 9.17) is 0 Å². The second-order valence-electron chi connectivity index (χ2n) is 4.93. The van der Waals surface area contributed by atoms with Crippen LogP contribution in [0.4, 0.5) is 5.69 Å². The monoisotopic (exact) mass is 428 g/mol. The summed E-state index contributed by atoms with van der Waals surface area (Å²) < 4.78 is 2.18. The molecule has 2 rings (SSSR count). The zero-order chi connectivity index (χ0) is 15.5. The molecule has 0 bridgehead atoms. The van der Waals surface area contributed by atoms with Crippen molar-refractivity contribution in [2.45, 2.75) is 33.6 Å². The molecule has 4 heteroatoms. The Bertz CT molecular complexity index is 534. The summed E-state index contributed by atoms with van der Waals surface area (Å²) in [7, 11) is 0. The fourth-order valence-electron chi connectivity index (χ4n) is 1.83. The Kier molecular flexibility index (Phi) is 16.1. The number of nitrogens with zero attached hydrogens (tertiary/aromatic N) is 1. The number of para-hydroxylation sites is 1. The minimum Gasteiger partial charge on any atom is -0.147 e. The smallest absolute Gasteiger partial charge is 0.147 e. The number of allylic oxidation sites excluding steroid dienone is 6. The SMILES string of the molecule is CC1=CC=C(C)N(c2ccccc2)C=C1.CCCC=[CH][Zr].Cl.Cl. The van der Waals surface area contributed by atoms with Crippen molar-refractivity contribution in [3.63, 3.8) is 0 Å². The molecule has 0 unspecified atom stereocenters. The van der Waals surface area contributed by atoms with E-state index in [9.17, 15) is 0 Å². The van der Waals surface area contributed by atoms with Crippen LogP contribution in [-0.2, 0) is 24.7 Å². The molecule has 0 saturated heterocycles. The van der Waals surface area contributed by atoms with Gasteiger partial charge in [0.05, 0.1) is 0 Å². The van der Waals surface area contributed by atoms with Gasteiger partial charge in [0, 0.05) is 17.6 Å². The standard InChI is InChI=1S/C14H15N.C5H9.2ClH.Zr/c1-12-8-9-13(2)15(11-10-12)14-6-4-3-5-7-14;1-3-5-4-2;;;/h3-11H,1-2H3;1,3H,4-5H2,2H3;2*1H;. The van der Waals surface area contributed by atoms with Gasteiger partial charge in [-0.2, -0.15) is 0 Å². The van der Waals surface area contributed by atoms with Crippen LogP contribution in [0, 0.1) is 0 Å². The van der Waals surface area contributed by atoms with Crippen molar-refractivity contribution in [3.05, 3.63) is 75.9 Å². The summed E-state index contributed by atoms with van der Waals surface area (Å²) in [6.07, 6.45) is 13.3. The molecule has 0 aliphatic carbocycles. The van der Waals surface area contributed by atoms with Crippen molar-refractivity contribution < 1.29 is 24.7 Å². The second kappa shape index (κ2) is 15.0. The molecule has 1 heterocycles. The molecule has 0 radical (unpaired) electrons. The van der Waals surface area contributed by atoms with Crippen molar-refractivity contribution >= 4 is 30.5 Å². The molecule has 1 nitrogen and oxygen atoms in total. The molecule has 1 aromatic rings. The summed E-state index contributed by atoms with van der Waals surface area (Å²) in [5, 5.41) is 0. The van der Waals surface area contributed by atoms with Gasteiger partial charge in [-0.25, -0.2) is 0 Å². The molecule has 0 saturated carbocycles. The quantitative estimate of drug-likeness (QED) is 0.525. The molecule has 1 aliphatic rings. The van der Waals surface area contributed by atoms with Gasteiger partial charge in [0.1, 0.15) is 0 Å². The minimum absolute atomic E-state index is 0. The predicted molar refractivity (Wildman–Crippen MR) is 104 cm³/mol. The van der Waals surface area contributed by atoms with Gasteiger partial charge >= 0.3 is 54.3 Å². The summed E-state index contributed by atoms with van der Waals surface area (Å²) in [6, 6.07) is 10.4. The van der Waals surface area contributed by atoms with Crippen molar-refractivity contribution in [2.24, 2.45) is 0 Å². The molecule has 0 spiro atoms. The molecule has 1 aliphatic heterocycles. The molecule has 23 heavy (non-hydrogen) atoms. The van der Waals surface area contributed by atoms with Crippen LogP contribution in [0.15, 0.2) is 75.9 Å². The fourth-order valence-corrected chi connectivity index (χ4v) is 2.24. The molecular weight excluding hydrogens is 404 g/mol. The van der Waals surface area contributed by atoms with Gasteiger partial charge in [0.25, 0.3) is 0 Å². The zero-order valence-electron chi connectivity index (χ0n) is 14.0. The topological polar surface area (TPSA) is 3.24 Å². The van der Waals surface area contributed by atoms with Crippen LogP contribution in [0.3, 0.4) is 0 Å². The largest absolute Gasteiger partial charge is 0.147 e. The van der Waals surface area contributed by atoms with E-state index >= 15 is 0 Å². The number of unbranched alkanes of at least 4 members (excludes halogenated alkanes) is 1. The third kappa shape index (κ3) is 10.0. The van der Waals surface area contributed by atoms with Crippen LogP contribution in [0.1, 0.15) is 33.6 Å². The second-order valence-corrected chi connectivity index (χ2v) is 5.75. The Labute approximate surface area is 168 Å². The van der Waals surface area contributed by atoms with Gasteiger partial charge in [-0.1, -0.05) is 24.3 Å². The van der Waals surface area contributed by atoms with E-state index in [1.807, 2.05) is 6.07 Å². The third-order valence-corrected chi connectivity index (χ3v) is 3.64. The minimum atomic E-state index is 0. The van der Waals surface area contributed by atoms with E-state index in [1.165, 1.54) is 54.5 Å². The summed E-state index contributed by atoms with van der Waals surface area (Å²) in [4.78, 5) is 2.19. The van der Waals surface area contributed by atoms with Crippen molar-refractivity contribution in [1.82, 2.24) is 0 Å². The average molecular weight is 431 g/mol. The number of hydrogen-bond acceptors (Lipinski definition) is 1. The summed E-state index contributed by atoms with van der Waals surface area (Å²) in [5.74, 6) is 0. The Hall–Kier alpha value is -0.557. The Morgan fingerprint density at radius 1 is 1.04 bits per heavy atom. The van der Waals surface area contributed by atoms with Gasteiger partial charge < -0.3 is 4.90 Å². The first-order valence-electron chi connectivity index (χ1n) is 7.39.